The molecule has 1 atom stereocenters. The minimum Gasteiger partial charge on any atom is -0.481 e. The SMILES string of the molecule is COc1ccc(C(=O)N2CCCCC(c3ccc(F)cc3)C2)cn1. The maximum absolute atomic E-state index is 13.1. The molecule has 2 aromatic rings. The highest BCUT2D eigenvalue weighted by atomic mass is 19.1. The summed E-state index contributed by atoms with van der Waals surface area (Å²) < 4.78 is 18.2. The van der Waals surface area contributed by atoms with Crippen LogP contribution in [0.4, 0.5) is 4.39 Å². The van der Waals surface area contributed by atoms with Gasteiger partial charge in [0.2, 0.25) is 5.88 Å². The van der Waals surface area contributed by atoms with Gasteiger partial charge in [0.05, 0.1) is 12.7 Å². The molecule has 5 heteroatoms. The van der Waals surface area contributed by atoms with Gasteiger partial charge in [-0.25, -0.2) is 9.37 Å². The van der Waals surface area contributed by atoms with Gasteiger partial charge in [-0.2, -0.15) is 0 Å². The number of methoxy groups -OCH3 is 1. The van der Waals surface area contributed by atoms with E-state index in [0.29, 0.717) is 18.0 Å². The summed E-state index contributed by atoms with van der Waals surface area (Å²) in [5.74, 6) is 0.485. The molecular formula is C19H21FN2O2. The van der Waals surface area contributed by atoms with Crippen LogP contribution in [0.3, 0.4) is 0 Å². The standard InChI is InChI=1S/C19H21FN2O2/c1-24-18-10-7-15(12-21-18)19(23)22-11-3-2-4-16(13-22)14-5-8-17(20)9-6-14/h5-10,12,16H,2-4,11,13H2,1H3. The van der Waals surface area contributed by atoms with Crippen LogP contribution in [0.25, 0.3) is 0 Å². The number of hydrogen-bond acceptors (Lipinski definition) is 3. The van der Waals surface area contributed by atoms with E-state index in [1.54, 1.807) is 25.4 Å². The highest BCUT2D eigenvalue weighted by Crippen LogP contribution is 2.27. The maximum atomic E-state index is 13.1. The molecule has 0 aliphatic carbocycles. The van der Waals surface area contributed by atoms with E-state index in [2.05, 4.69) is 4.98 Å². The number of likely N-dealkylation sites (tertiary alicyclic amines) is 1. The smallest absolute Gasteiger partial charge is 0.255 e. The number of aromatic nitrogens is 1. The predicted octanol–water partition coefficient (Wildman–Crippen LogP) is 3.64. The predicted molar refractivity (Wildman–Crippen MR) is 89.7 cm³/mol. The van der Waals surface area contributed by atoms with Gasteiger partial charge in [-0.15, -0.1) is 0 Å². The fraction of sp³-hybridized carbons (Fsp3) is 0.368. The number of pyridine rings is 1. The van der Waals surface area contributed by atoms with Gasteiger partial charge in [0.1, 0.15) is 5.82 Å². The Bertz CT molecular complexity index is 686. The fourth-order valence-corrected chi connectivity index (χ4v) is 3.14. The molecule has 0 spiro atoms. The van der Waals surface area contributed by atoms with Gasteiger partial charge in [-0.1, -0.05) is 18.6 Å². The number of ether oxygens (including phenoxy) is 1. The second kappa shape index (κ2) is 7.43. The number of benzene rings is 1. The third kappa shape index (κ3) is 3.72. The van der Waals surface area contributed by atoms with Gasteiger partial charge in [0.15, 0.2) is 0 Å². The number of nitrogens with zero attached hydrogens (tertiary/aromatic N) is 2. The number of rotatable bonds is 3. The van der Waals surface area contributed by atoms with Gasteiger partial charge >= 0.3 is 0 Å². The van der Waals surface area contributed by atoms with Crippen LogP contribution >= 0.6 is 0 Å². The third-order valence-electron chi connectivity index (χ3n) is 4.49. The zero-order chi connectivity index (χ0) is 16.9. The quantitative estimate of drug-likeness (QED) is 0.864. The first kappa shape index (κ1) is 16.4. The molecule has 4 nitrogen and oxygen atoms in total. The molecule has 3 rings (SSSR count). The average Bonchev–Trinajstić information content (AvgIpc) is 2.88. The van der Waals surface area contributed by atoms with E-state index in [0.717, 1.165) is 31.4 Å². The Kier molecular flexibility index (Phi) is 5.08. The van der Waals surface area contributed by atoms with E-state index in [4.69, 9.17) is 4.74 Å². The molecule has 1 aromatic heterocycles. The highest BCUT2D eigenvalue weighted by molar-refractivity contribution is 5.94. The lowest BCUT2D eigenvalue weighted by atomic mass is 9.94. The Hall–Kier alpha value is -2.43. The molecule has 0 saturated carbocycles. The van der Waals surface area contributed by atoms with Crippen molar-refractivity contribution in [1.82, 2.24) is 9.88 Å². The van der Waals surface area contributed by atoms with Crippen LogP contribution in [-0.2, 0) is 0 Å². The largest absolute Gasteiger partial charge is 0.481 e. The molecular weight excluding hydrogens is 307 g/mol. The van der Waals surface area contributed by atoms with Crippen LogP contribution in [0.1, 0.15) is 41.1 Å². The lowest BCUT2D eigenvalue weighted by molar-refractivity contribution is 0.0754. The van der Waals surface area contributed by atoms with Gasteiger partial charge in [0.25, 0.3) is 5.91 Å². The van der Waals surface area contributed by atoms with Crippen molar-refractivity contribution in [2.24, 2.45) is 0 Å². The van der Waals surface area contributed by atoms with Crippen molar-refractivity contribution in [2.45, 2.75) is 25.2 Å². The third-order valence-corrected chi connectivity index (χ3v) is 4.49. The fourth-order valence-electron chi connectivity index (χ4n) is 3.14. The molecule has 1 aliphatic rings. The zero-order valence-corrected chi connectivity index (χ0v) is 13.7. The first-order valence-corrected chi connectivity index (χ1v) is 8.22. The van der Waals surface area contributed by atoms with Crippen molar-refractivity contribution in [3.05, 3.63) is 59.5 Å². The van der Waals surface area contributed by atoms with Crippen molar-refractivity contribution in [1.29, 1.82) is 0 Å². The number of carbonyl (C=O) groups excluding carboxylic acids is 1. The van der Waals surface area contributed by atoms with Crippen LogP contribution in [0, 0.1) is 5.82 Å². The molecule has 1 fully saturated rings. The number of carbonyl (C=O) groups is 1. The van der Waals surface area contributed by atoms with Crippen LogP contribution in [0.2, 0.25) is 0 Å². The van der Waals surface area contributed by atoms with Gasteiger partial charge < -0.3 is 9.64 Å². The van der Waals surface area contributed by atoms with E-state index in [1.165, 1.54) is 12.1 Å². The lowest BCUT2D eigenvalue weighted by Gasteiger charge is -2.25. The van der Waals surface area contributed by atoms with E-state index in [1.807, 2.05) is 17.0 Å². The minimum atomic E-state index is -0.232. The summed E-state index contributed by atoms with van der Waals surface area (Å²) in [5.41, 5.74) is 1.65. The Morgan fingerprint density at radius 1 is 1.21 bits per heavy atom. The molecule has 1 aromatic carbocycles. The first-order valence-electron chi connectivity index (χ1n) is 8.22. The lowest BCUT2D eigenvalue weighted by Crippen LogP contribution is -2.34. The molecule has 0 radical (unpaired) electrons. The molecule has 1 amide bonds. The second-order valence-corrected chi connectivity index (χ2v) is 6.08. The summed E-state index contributed by atoms with van der Waals surface area (Å²) in [5, 5.41) is 0. The maximum Gasteiger partial charge on any atom is 0.255 e. The normalized spacial score (nSPS) is 18.1. The van der Waals surface area contributed by atoms with Crippen molar-refractivity contribution in [3.8, 4) is 5.88 Å². The van der Waals surface area contributed by atoms with Gasteiger partial charge in [-0.05, 0) is 36.6 Å². The topological polar surface area (TPSA) is 42.4 Å². The van der Waals surface area contributed by atoms with E-state index >= 15 is 0 Å². The molecule has 24 heavy (non-hydrogen) atoms. The minimum absolute atomic E-state index is 0.0147. The Labute approximate surface area is 141 Å². The van der Waals surface area contributed by atoms with Crippen molar-refractivity contribution < 1.29 is 13.9 Å². The Balaban J connectivity index is 1.76. The molecule has 1 saturated heterocycles. The second-order valence-electron chi connectivity index (χ2n) is 6.08. The molecule has 0 N–H and O–H groups in total. The summed E-state index contributed by atoms with van der Waals surface area (Å²) in [7, 11) is 1.55. The molecule has 126 valence electrons. The Morgan fingerprint density at radius 2 is 2.00 bits per heavy atom. The van der Waals surface area contributed by atoms with E-state index < -0.39 is 0 Å². The van der Waals surface area contributed by atoms with E-state index in [-0.39, 0.29) is 17.6 Å². The summed E-state index contributed by atoms with van der Waals surface area (Å²) in [6.45, 7) is 1.39. The van der Waals surface area contributed by atoms with Crippen LogP contribution in [0.15, 0.2) is 42.6 Å². The van der Waals surface area contributed by atoms with Crippen molar-refractivity contribution in [2.75, 3.05) is 20.2 Å². The van der Waals surface area contributed by atoms with Gasteiger partial charge in [-0.3, -0.25) is 4.79 Å². The summed E-state index contributed by atoms with van der Waals surface area (Å²) in [6.07, 6.45) is 4.61. The first-order chi connectivity index (χ1) is 11.7. The zero-order valence-electron chi connectivity index (χ0n) is 13.7. The van der Waals surface area contributed by atoms with Gasteiger partial charge in [0, 0.05) is 31.3 Å². The molecule has 1 unspecified atom stereocenters. The average molecular weight is 328 g/mol. The van der Waals surface area contributed by atoms with Crippen molar-refractivity contribution in [3.63, 3.8) is 0 Å². The monoisotopic (exact) mass is 328 g/mol. The molecule has 1 aliphatic heterocycles. The summed E-state index contributed by atoms with van der Waals surface area (Å²) in [4.78, 5) is 18.8. The van der Waals surface area contributed by atoms with Crippen LogP contribution in [-0.4, -0.2) is 36.0 Å². The van der Waals surface area contributed by atoms with E-state index in [9.17, 15) is 9.18 Å². The van der Waals surface area contributed by atoms with Crippen molar-refractivity contribution >= 4 is 5.91 Å². The number of amides is 1. The van der Waals surface area contributed by atoms with Crippen LogP contribution < -0.4 is 4.74 Å². The van der Waals surface area contributed by atoms with Crippen LogP contribution in [0.5, 0.6) is 5.88 Å². The summed E-state index contributed by atoms with van der Waals surface area (Å²) >= 11 is 0. The number of hydrogen-bond donors (Lipinski definition) is 0. The Morgan fingerprint density at radius 3 is 2.67 bits per heavy atom. The summed E-state index contributed by atoms with van der Waals surface area (Å²) in [6, 6.07) is 10.1. The molecule has 2 heterocycles. The number of halogens is 1. The molecule has 0 bridgehead atoms. The highest BCUT2D eigenvalue weighted by Gasteiger charge is 2.24.